The van der Waals surface area contributed by atoms with Crippen LogP contribution < -0.4 is 10.6 Å². The van der Waals surface area contributed by atoms with Gasteiger partial charge in [-0.3, -0.25) is 9.36 Å². The molecule has 7 rings (SSSR count). The Morgan fingerprint density at radius 2 is 1.84 bits per heavy atom. The van der Waals surface area contributed by atoms with Gasteiger partial charge in [0.05, 0.1) is 29.3 Å². The number of fused-ring (bicyclic) bond motifs is 2. The highest BCUT2D eigenvalue weighted by Gasteiger charge is 2.46. The molecule has 2 atom stereocenters. The fourth-order valence-electron chi connectivity index (χ4n) is 6.84. The first-order valence-electron chi connectivity index (χ1n) is 13.6. The Morgan fingerprint density at radius 3 is 2.44 bits per heavy atom. The summed E-state index contributed by atoms with van der Waals surface area (Å²) in [4.78, 5) is 34.1. The molecule has 4 aliphatic rings. The first kappa shape index (κ1) is 28.6. The molecule has 1 aromatic heterocycles. The number of hydrogen-bond donors (Lipinski definition) is 0. The summed E-state index contributed by atoms with van der Waals surface area (Å²) in [5, 5.41) is -0.443. The molecule has 3 aromatic rings. The highest BCUT2D eigenvalue weighted by molar-refractivity contribution is 7.99. The van der Waals surface area contributed by atoms with E-state index < -0.39 is 50.6 Å². The molecule has 4 aliphatic heterocycles. The van der Waals surface area contributed by atoms with Gasteiger partial charge < -0.3 is 14.5 Å². The van der Waals surface area contributed by atoms with Crippen molar-refractivity contribution in [2.24, 2.45) is 5.41 Å². The van der Waals surface area contributed by atoms with Gasteiger partial charge in [-0.05, 0) is 31.1 Å². The van der Waals surface area contributed by atoms with Crippen LogP contribution in [0.3, 0.4) is 0 Å². The van der Waals surface area contributed by atoms with E-state index in [1.807, 2.05) is 0 Å². The lowest BCUT2D eigenvalue weighted by atomic mass is 9.88. The van der Waals surface area contributed by atoms with Crippen LogP contribution in [0, 0.1) is 17.0 Å². The summed E-state index contributed by atoms with van der Waals surface area (Å²) in [6, 6.07) is 1.77. The van der Waals surface area contributed by atoms with E-state index in [2.05, 4.69) is 11.6 Å². The molecule has 226 valence electrons. The molecule has 0 saturated carbocycles. The number of halogens is 6. The summed E-state index contributed by atoms with van der Waals surface area (Å²) in [5.74, 6) is -2.15. The van der Waals surface area contributed by atoms with E-state index in [0.29, 0.717) is 37.9 Å². The van der Waals surface area contributed by atoms with E-state index in [0.717, 1.165) is 23.9 Å². The third-order valence-corrected chi connectivity index (χ3v) is 10.6. The maximum Gasteiger partial charge on any atom is 0.417 e. The van der Waals surface area contributed by atoms with Crippen molar-refractivity contribution < 1.29 is 31.5 Å². The van der Waals surface area contributed by atoms with Crippen LogP contribution in [0.4, 0.5) is 27.8 Å². The lowest BCUT2D eigenvalue weighted by Crippen LogP contribution is -2.56. The second-order valence-electron chi connectivity index (χ2n) is 11.6. The first-order valence-corrected chi connectivity index (χ1v) is 15.0. The zero-order chi connectivity index (χ0) is 30.4. The first-order chi connectivity index (χ1) is 20.4. The van der Waals surface area contributed by atoms with E-state index in [1.165, 1.54) is 10.6 Å². The van der Waals surface area contributed by atoms with Gasteiger partial charge in [0.1, 0.15) is 17.5 Å². The normalized spacial score (nSPS) is 22.6. The summed E-state index contributed by atoms with van der Waals surface area (Å²) >= 11 is 7.03. The second-order valence-corrected chi connectivity index (χ2v) is 13.0. The number of rotatable bonds is 3. The van der Waals surface area contributed by atoms with E-state index in [4.69, 9.17) is 16.3 Å². The number of anilines is 1. The number of thioether (sulfide) groups is 1. The van der Waals surface area contributed by atoms with E-state index in [-0.39, 0.29) is 59.2 Å². The van der Waals surface area contributed by atoms with E-state index in [9.17, 15) is 27.2 Å². The molecule has 1 spiro atoms. The van der Waals surface area contributed by atoms with Gasteiger partial charge in [0, 0.05) is 70.4 Å². The summed E-state index contributed by atoms with van der Waals surface area (Å²) in [5.41, 5.74) is -3.17. The summed E-state index contributed by atoms with van der Waals surface area (Å²) in [6.07, 6.45) is -2.32. The maximum atomic E-state index is 15.3. The third kappa shape index (κ3) is 4.45. The molecule has 2 bridgehead atoms. The SMILES string of the molecule is C=CC(=O)N1C2CCC1CN(c1nc(=O)n3c4c(c(-c5cc(Cl)c(F)cc5F)c(C(F)(F)F)cc14)SCC1(COC1)C3)C2. The molecule has 3 saturated heterocycles. The zero-order valence-corrected chi connectivity index (χ0v) is 24.1. The summed E-state index contributed by atoms with van der Waals surface area (Å²) < 4.78 is 80.9. The highest BCUT2D eigenvalue weighted by atomic mass is 35.5. The predicted molar refractivity (Wildman–Crippen MR) is 151 cm³/mol. The second kappa shape index (κ2) is 9.93. The van der Waals surface area contributed by atoms with Crippen molar-refractivity contribution in [3.8, 4) is 11.1 Å². The van der Waals surface area contributed by atoms with Crippen LogP contribution in [0.2, 0.25) is 5.02 Å². The number of benzene rings is 2. The van der Waals surface area contributed by atoms with Gasteiger partial charge in [-0.2, -0.15) is 18.2 Å². The van der Waals surface area contributed by atoms with Crippen LogP contribution >= 0.6 is 23.4 Å². The molecule has 2 aromatic carbocycles. The third-order valence-electron chi connectivity index (χ3n) is 8.83. The lowest BCUT2D eigenvalue weighted by molar-refractivity contribution is -0.137. The Morgan fingerprint density at radius 1 is 1.14 bits per heavy atom. The predicted octanol–water partition coefficient (Wildman–Crippen LogP) is 5.50. The highest BCUT2D eigenvalue weighted by Crippen LogP contribution is 2.52. The van der Waals surface area contributed by atoms with Crippen molar-refractivity contribution in [3.63, 3.8) is 0 Å². The van der Waals surface area contributed by atoms with E-state index in [1.54, 1.807) is 9.80 Å². The van der Waals surface area contributed by atoms with Gasteiger partial charge >= 0.3 is 11.9 Å². The van der Waals surface area contributed by atoms with Crippen LogP contribution in [0.25, 0.3) is 22.0 Å². The number of carbonyl (C=O) groups excluding carboxylic acids is 1. The van der Waals surface area contributed by atoms with Gasteiger partial charge in [0.25, 0.3) is 0 Å². The van der Waals surface area contributed by atoms with Crippen LogP contribution in [-0.4, -0.2) is 64.5 Å². The zero-order valence-electron chi connectivity index (χ0n) is 22.5. The van der Waals surface area contributed by atoms with E-state index >= 15 is 4.39 Å². The number of hydrogen-bond acceptors (Lipinski definition) is 6. The number of ether oxygens (including phenoxy) is 1. The number of nitrogens with zero attached hydrogens (tertiary/aromatic N) is 4. The monoisotopic (exact) mass is 638 g/mol. The molecule has 5 heterocycles. The Balaban J connectivity index is 1.51. The minimum Gasteiger partial charge on any atom is -0.380 e. The Hall–Kier alpha value is -3.16. The fourth-order valence-corrected chi connectivity index (χ4v) is 8.43. The fraction of sp³-hybridized carbons (Fsp3) is 0.414. The number of amides is 1. The topological polar surface area (TPSA) is 67.7 Å². The molecular weight excluding hydrogens is 615 g/mol. The Labute approximate surface area is 251 Å². The molecule has 0 N–H and O–H groups in total. The minimum absolute atomic E-state index is 0.0411. The number of piperazine rings is 1. The molecule has 3 fully saturated rings. The maximum absolute atomic E-state index is 15.3. The van der Waals surface area contributed by atoms with Crippen LogP contribution in [0.15, 0.2) is 40.5 Å². The van der Waals surface area contributed by atoms with Crippen molar-refractivity contribution in [2.45, 2.75) is 42.5 Å². The van der Waals surface area contributed by atoms with Gasteiger partial charge in [-0.1, -0.05) is 18.2 Å². The summed E-state index contributed by atoms with van der Waals surface area (Å²) in [7, 11) is 0. The minimum atomic E-state index is -4.95. The number of carbonyl (C=O) groups is 1. The van der Waals surface area contributed by atoms with Gasteiger partial charge in [-0.15, -0.1) is 11.8 Å². The molecule has 2 unspecified atom stereocenters. The molecule has 0 radical (unpaired) electrons. The smallest absolute Gasteiger partial charge is 0.380 e. The number of alkyl halides is 3. The molecule has 7 nitrogen and oxygen atoms in total. The van der Waals surface area contributed by atoms with Crippen molar-refractivity contribution in [2.75, 3.05) is 37.0 Å². The van der Waals surface area contributed by atoms with Gasteiger partial charge in [0.15, 0.2) is 0 Å². The van der Waals surface area contributed by atoms with Crippen molar-refractivity contribution >= 4 is 46.0 Å². The molecule has 43 heavy (non-hydrogen) atoms. The molecule has 14 heteroatoms. The molecular formula is C29H24ClF5N4O3S. The van der Waals surface area contributed by atoms with Crippen LogP contribution in [0.5, 0.6) is 0 Å². The average Bonchev–Trinajstić information content (AvgIpc) is 3.09. The molecule has 1 amide bonds. The summed E-state index contributed by atoms with van der Waals surface area (Å²) in [6.45, 7) is 4.86. The largest absolute Gasteiger partial charge is 0.417 e. The van der Waals surface area contributed by atoms with Gasteiger partial charge in [-0.25, -0.2) is 13.6 Å². The Bertz CT molecular complexity index is 1760. The molecule has 0 aliphatic carbocycles. The average molecular weight is 639 g/mol. The standard InChI is InChI=1S/C29H24ClF5N4O3S/c1-2-22(40)39-14-3-4-15(39)9-37(8-14)26-17-5-18(29(33,34)35)23(16-6-19(30)21(32)7-20(16)31)25-24(17)38(27(41)36-26)10-28(13-43-25)11-42-12-28/h2,5-7,14-15H,1,3-4,8-13H2. The van der Waals surface area contributed by atoms with Crippen LogP contribution in [-0.2, 0) is 22.3 Å². The van der Waals surface area contributed by atoms with Crippen molar-refractivity contribution in [3.05, 3.63) is 63.6 Å². The van der Waals surface area contributed by atoms with Crippen molar-refractivity contribution in [1.82, 2.24) is 14.5 Å². The van der Waals surface area contributed by atoms with Gasteiger partial charge in [0.2, 0.25) is 5.91 Å². The number of aromatic nitrogens is 2. The van der Waals surface area contributed by atoms with Crippen molar-refractivity contribution in [1.29, 1.82) is 0 Å². The Kier molecular flexibility index (Phi) is 6.60. The van der Waals surface area contributed by atoms with Crippen LogP contribution in [0.1, 0.15) is 18.4 Å². The quantitative estimate of drug-likeness (QED) is 0.214. The lowest BCUT2D eigenvalue weighted by Gasteiger charge is -2.42.